The molecule has 0 aromatic rings. The summed E-state index contributed by atoms with van der Waals surface area (Å²) in [5.74, 6) is 0.444. The molecule has 0 saturated carbocycles. The first-order chi connectivity index (χ1) is 8.98. The van der Waals surface area contributed by atoms with Crippen LogP contribution in [0.4, 0.5) is 13.2 Å². The number of ether oxygens (including phenoxy) is 1. The predicted molar refractivity (Wildman–Crippen MR) is 66.1 cm³/mol. The summed E-state index contributed by atoms with van der Waals surface area (Å²) in [7, 11) is 1.92. The van der Waals surface area contributed by atoms with Crippen LogP contribution in [-0.2, 0) is 4.74 Å². The van der Waals surface area contributed by atoms with E-state index in [-0.39, 0.29) is 0 Å². The van der Waals surface area contributed by atoms with E-state index in [9.17, 15) is 13.2 Å². The van der Waals surface area contributed by atoms with E-state index in [2.05, 4.69) is 10.2 Å². The van der Waals surface area contributed by atoms with Crippen molar-refractivity contribution in [1.82, 2.24) is 15.1 Å². The molecule has 0 aromatic carbocycles. The predicted octanol–water partition coefficient (Wildman–Crippen LogP) is 0.401. The molecule has 2 rings (SSSR count). The number of hydrogen-bond acceptors (Lipinski definition) is 4. The number of alkyl halides is 3. The van der Waals surface area contributed by atoms with Crippen molar-refractivity contribution in [2.75, 3.05) is 59.5 Å². The Hall–Kier alpha value is -0.370. The summed E-state index contributed by atoms with van der Waals surface area (Å²) in [5.41, 5.74) is 0. The van der Waals surface area contributed by atoms with Crippen LogP contribution in [0.5, 0.6) is 0 Å². The molecule has 2 aliphatic heterocycles. The van der Waals surface area contributed by atoms with Crippen molar-refractivity contribution in [2.45, 2.75) is 12.2 Å². The van der Waals surface area contributed by atoms with Crippen molar-refractivity contribution in [1.29, 1.82) is 0 Å². The number of piperazine rings is 1. The molecule has 0 spiro atoms. The van der Waals surface area contributed by atoms with Gasteiger partial charge in [0.25, 0.3) is 0 Å². The number of halogens is 3. The quantitative estimate of drug-likeness (QED) is 0.807. The Morgan fingerprint density at radius 2 is 1.74 bits per heavy atom. The van der Waals surface area contributed by atoms with E-state index in [1.165, 1.54) is 4.90 Å². The van der Waals surface area contributed by atoms with Crippen LogP contribution in [0, 0.1) is 5.92 Å². The van der Waals surface area contributed by atoms with Crippen molar-refractivity contribution < 1.29 is 17.9 Å². The van der Waals surface area contributed by atoms with Gasteiger partial charge in [-0.15, -0.1) is 0 Å². The summed E-state index contributed by atoms with van der Waals surface area (Å²) in [6, 6.07) is 0.369. The van der Waals surface area contributed by atoms with Gasteiger partial charge in [0, 0.05) is 44.7 Å². The van der Waals surface area contributed by atoms with Gasteiger partial charge < -0.3 is 15.0 Å². The van der Waals surface area contributed by atoms with E-state index in [1.54, 1.807) is 0 Å². The highest BCUT2D eigenvalue weighted by Gasteiger charge is 2.33. The second kappa shape index (κ2) is 6.39. The minimum atomic E-state index is -4.08. The fourth-order valence-electron chi connectivity index (χ4n) is 2.81. The Labute approximate surface area is 111 Å². The molecule has 1 N–H and O–H groups in total. The fraction of sp³-hybridized carbons (Fsp3) is 1.00. The molecule has 0 bridgehead atoms. The lowest BCUT2D eigenvalue weighted by Gasteiger charge is -2.36. The Morgan fingerprint density at radius 1 is 1.11 bits per heavy atom. The summed E-state index contributed by atoms with van der Waals surface area (Å²) >= 11 is 0. The molecule has 0 aromatic heterocycles. The summed E-state index contributed by atoms with van der Waals surface area (Å²) < 4.78 is 42.3. The van der Waals surface area contributed by atoms with E-state index < -0.39 is 12.7 Å². The minimum absolute atomic E-state index is 0.369. The smallest absolute Gasteiger partial charge is 0.379 e. The van der Waals surface area contributed by atoms with Crippen LogP contribution in [0.25, 0.3) is 0 Å². The van der Waals surface area contributed by atoms with Crippen molar-refractivity contribution in [3.05, 3.63) is 0 Å². The molecule has 0 amide bonds. The maximum Gasteiger partial charge on any atom is 0.401 e. The summed E-state index contributed by atoms with van der Waals surface area (Å²) in [5, 5.41) is 3.23. The van der Waals surface area contributed by atoms with E-state index in [0.717, 1.165) is 19.8 Å². The van der Waals surface area contributed by atoms with Gasteiger partial charge >= 0.3 is 6.18 Å². The molecular formula is C12H22F3N3O. The van der Waals surface area contributed by atoms with Crippen molar-refractivity contribution in [3.8, 4) is 0 Å². The summed E-state index contributed by atoms with van der Waals surface area (Å²) in [6.45, 7) is 4.02. The SMILES string of the molecule is CNC1COCC1CN1CCN(CC(F)(F)F)CC1. The van der Waals surface area contributed by atoms with E-state index in [4.69, 9.17) is 4.74 Å². The molecule has 2 atom stereocenters. The monoisotopic (exact) mass is 281 g/mol. The van der Waals surface area contributed by atoms with Gasteiger partial charge in [-0.1, -0.05) is 0 Å². The normalized spacial score (nSPS) is 30.9. The average Bonchev–Trinajstić information content (AvgIpc) is 2.77. The standard InChI is InChI=1S/C12H22F3N3O/c1-16-11-8-19-7-10(11)6-17-2-4-18(5-3-17)9-12(13,14)15/h10-11,16H,2-9H2,1H3. The molecule has 19 heavy (non-hydrogen) atoms. The Bertz CT molecular complexity index is 280. The molecule has 2 heterocycles. The van der Waals surface area contributed by atoms with E-state index >= 15 is 0 Å². The lowest BCUT2D eigenvalue weighted by molar-refractivity contribution is -0.149. The van der Waals surface area contributed by atoms with Crippen molar-refractivity contribution in [2.24, 2.45) is 5.92 Å². The van der Waals surface area contributed by atoms with Crippen molar-refractivity contribution in [3.63, 3.8) is 0 Å². The van der Waals surface area contributed by atoms with Crippen LogP contribution >= 0.6 is 0 Å². The third kappa shape index (κ3) is 4.59. The van der Waals surface area contributed by atoms with Crippen LogP contribution in [0.2, 0.25) is 0 Å². The van der Waals surface area contributed by atoms with Gasteiger partial charge in [0.05, 0.1) is 19.8 Å². The highest BCUT2D eigenvalue weighted by atomic mass is 19.4. The molecular weight excluding hydrogens is 259 g/mol. The molecule has 7 heteroatoms. The molecule has 0 radical (unpaired) electrons. The first-order valence-electron chi connectivity index (χ1n) is 6.74. The van der Waals surface area contributed by atoms with Gasteiger partial charge in [0.2, 0.25) is 0 Å². The van der Waals surface area contributed by atoms with Crippen molar-refractivity contribution >= 4 is 0 Å². The molecule has 2 fully saturated rings. The largest absolute Gasteiger partial charge is 0.401 e. The number of rotatable bonds is 4. The van der Waals surface area contributed by atoms with Gasteiger partial charge in [-0.2, -0.15) is 13.2 Å². The third-order valence-corrected chi connectivity index (χ3v) is 3.93. The Kier molecular flexibility index (Phi) is 5.05. The van der Waals surface area contributed by atoms with Gasteiger partial charge in [0.15, 0.2) is 0 Å². The first kappa shape index (κ1) is 15.0. The molecule has 2 unspecified atom stereocenters. The number of likely N-dealkylation sites (N-methyl/N-ethyl adjacent to an activating group) is 1. The van der Waals surface area contributed by atoms with Crippen LogP contribution in [0.1, 0.15) is 0 Å². The zero-order valence-corrected chi connectivity index (χ0v) is 11.2. The zero-order chi connectivity index (χ0) is 13.9. The van der Waals surface area contributed by atoms with Gasteiger partial charge in [0.1, 0.15) is 0 Å². The maximum absolute atomic E-state index is 12.3. The maximum atomic E-state index is 12.3. The lowest BCUT2D eigenvalue weighted by atomic mass is 10.0. The lowest BCUT2D eigenvalue weighted by Crippen LogP contribution is -2.51. The van der Waals surface area contributed by atoms with E-state index in [1.807, 2.05) is 7.05 Å². The molecule has 2 saturated heterocycles. The van der Waals surface area contributed by atoms with Gasteiger partial charge in [-0.3, -0.25) is 4.90 Å². The summed E-state index contributed by atoms with van der Waals surface area (Å²) in [6.07, 6.45) is -4.08. The highest BCUT2D eigenvalue weighted by molar-refractivity contribution is 4.84. The van der Waals surface area contributed by atoms with Crippen LogP contribution in [0.15, 0.2) is 0 Å². The Morgan fingerprint density at radius 3 is 2.32 bits per heavy atom. The highest BCUT2D eigenvalue weighted by Crippen LogP contribution is 2.19. The van der Waals surface area contributed by atoms with Gasteiger partial charge in [-0.25, -0.2) is 0 Å². The minimum Gasteiger partial charge on any atom is -0.379 e. The second-order valence-corrected chi connectivity index (χ2v) is 5.38. The average molecular weight is 281 g/mol. The zero-order valence-electron chi connectivity index (χ0n) is 11.2. The fourth-order valence-corrected chi connectivity index (χ4v) is 2.81. The van der Waals surface area contributed by atoms with Crippen LogP contribution in [0.3, 0.4) is 0 Å². The number of nitrogens with zero attached hydrogens (tertiary/aromatic N) is 2. The number of nitrogens with one attached hydrogen (secondary N) is 1. The number of hydrogen-bond donors (Lipinski definition) is 1. The summed E-state index contributed by atoms with van der Waals surface area (Å²) in [4.78, 5) is 3.73. The molecule has 4 nitrogen and oxygen atoms in total. The Balaban J connectivity index is 1.71. The molecule has 0 aliphatic carbocycles. The first-order valence-corrected chi connectivity index (χ1v) is 6.74. The second-order valence-electron chi connectivity index (χ2n) is 5.38. The molecule has 112 valence electrons. The van der Waals surface area contributed by atoms with E-state index in [0.29, 0.717) is 38.1 Å². The topological polar surface area (TPSA) is 27.7 Å². The van der Waals surface area contributed by atoms with Gasteiger partial charge in [-0.05, 0) is 7.05 Å². The molecule has 2 aliphatic rings. The van der Waals surface area contributed by atoms with Crippen LogP contribution < -0.4 is 5.32 Å². The third-order valence-electron chi connectivity index (χ3n) is 3.93. The van der Waals surface area contributed by atoms with Crippen LogP contribution in [-0.4, -0.2) is 81.5 Å².